The Labute approximate surface area is 128 Å². The van der Waals surface area contributed by atoms with E-state index in [4.69, 9.17) is 4.74 Å². The average molecular weight is 351 g/mol. The van der Waals surface area contributed by atoms with Gasteiger partial charge in [0.25, 0.3) is 0 Å². The number of ether oxygens (including phenoxy) is 1. The Balaban J connectivity index is 1.86. The molecule has 3 rings (SSSR count). The summed E-state index contributed by atoms with van der Waals surface area (Å²) in [6.07, 6.45) is 3.43. The Kier molecular flexibility index (Phi) is 3.88. The summed E-state index contributed by atoms with van der Waals surface area (Å²) in [5.41, 5.74) is 1.84. The number of hydrogen-bond acceptors (Lipinski definition) is 5. The van der Waals surface area contributed by atoms with Gasteiger partial charge in [0.05, 0.1) is 22.1 Å². The minimum atomic E-state index is 0.647. The fraction of sp³-hybridized carbons (Fsp3) is 0.154. The number of hydrogen-bond donors (Lipinski definition) is 1. The highest BCUT2D eigenvalue weighted by Crippen LogP contribution is 2.26. The summed E-state index contributed by atoms with van der Waals surface area (Å²) in [6.45, 7) is 2.61. The van der Waals surface area contributed by atoms with E-state index >= 15 is 0 Å². The van der Waals surface area contributed by atoms with Gasteiger partial charge in [-0.05, 0) is 46.7 Å². The van der Waals surface area contributed by atoms with Crippen LogP contribution < -0.4 is 4.74 Å². The fourth-order valence-corrected chi connectivity index (χ4v) is 2.60. The number of aromatic amines is 1. The molecular formula is C13H11BrN4OS. The molecule has 1 N–H and O–H groups in total. The summed E-state index contributed by atoms with van der Waals surface area (Å²) in [7, 11) is 0. The molecule has 0 bridgehead atoms. The largest absolute Gasteiger partial charge is 0.494 e. The second-order valence-corrected chi connectivity index (χ2v) is 5.81. The van der Waals surface area contributed by atoms with E-state index in [-0.39, 0.29) is 0 Å². The number of halogens is 1. The number of aromatic nitrogens is 4. The lowest BCUT2D eigenvalue weighted by Gasteiger charge is -2.00. The number of rotatable bonds is 4. The van der Waals surface area contributed by atoms with E-state index in [2.05, 4.69) is 35.9 Å². The van der Waals surface area contributed by atoms with Gasteiger partial charge in [0.15, 0.2) is 10.3 Å². The van der Waals surface area contributed by atoms with Gasteiger partial charge in [-0.2, -0.15) is 0 Å². The third kappa shape index (κ3) is 2.94. The number of benzene rings is 1. The number of nitrogens with zero attached hydrogens (tertiary/aromatic N) is 3. The van der Waals surface area contributed by atoms with Crippen LogP contribution in [-0.2, 0) is 0 Å². The van der Waals surface area contributed by atoms with Crippen molar-refractivity contribution in [3.63, 3.8) is 0 Å². The van der Waals surface area contributed by atoms with E-state index in [0.717, 1.165) is 26.4 Å². The third-order valence-electron chi connectivity index (χ3n) is 2.53. The first-order chi connectivity index (χ1) is 9.74. The smallest absolute Gasteiger partial charge is 0.195 e. The lowest BCUT2D eigenvalue weighted by molar-refractivity contribution is 0.340. The van der Waals surface area contributed by atoms with Gasteiger partial charge < -0.3 is 9.72 Å². The lowest BCUT2D eigenvalue weighted by Crippen LogP contribution is -1.90. The maximum absolute atomic E-state index is 5.47. The van der Waals surface area contributed by atoms with E-state index in [1.165, 1.54) is 11.8 Å². The number of H-pyrrole nitrogens is 1. The average Bonchev–Trinajstić information content (AvgIpc) is 2.83. The molecule has 0 saturated carbocycles. The van der Waals surface area contributed by atoms with Crippen LogP contribution in [0.15, 0.2) is 45.4 Å². The van der Waals surface area contributed by atoms with Crippen LogP contribution in [0, 0.1) is 0 Å². The lowest BCUT2D eigenvalue weighted by atomic mass is 10.3. The summed E-state index contributed by atoms with van der Waals surface area (Å²) >= 11 is 4.70. The van der Waals surface area contributed by atoms with Gasteiger partial charge in [0, 0.05) is 18.5 Å². The van der Waals surface area contributed by atoms with Crippen molar-refractivity contribution in [2.45, 2.75) is 17.2 Å². The molecule has 0 aliphatic heterocycles. The van der Waals surface area contributed by atoms with Crippen LogP contribution >= 0.6 is 27.7 Å². The highest BCUT2D eigenvalue weighted by atomic mass is 79.9. The fourth-order valence-electron chi connectivity index (χ4n) is 1.71. The quantitative estimate of drug-likeness (QED) is 0.727. The summed E-state index contributed by atoms with van der Waals surface area (Å²) in [5, 5.41) is 1.41. The number of nitrogens with one attached hydrogen (secondary N) is 1. The Hall–Kier alpha value is -1.60. The van der Waals surface area contributed by atoms with E-state index in [9.17, 15) is 0 Å². The maximum Gasteiger partial charge on any atom is 0.195 e. The van der Waals surface area contributed by atoms with Crippen molar-refractivity contribution in [2.75, 3.05) is 6.61 Å². The molecule has 0 radical (unpaired) electrons. The van der Waals surface area contributed by atoms with Crippen molar-refractivity contribution in [2.24, 2.45) is 0 Å². The third-order valence-corrected chi connectivity index (χ3v) is 3.72. The summed E-state index contributed by atoms with van der Waals surface area (Å²) in [6, 6.07) is 5.79. The van der Waals surface area contributed by atoms with Crippen molar-refractivity contribution >= 4 is 38.7 Å². The standard InChI is InChI=1S/C13H11BrN4OS/c1-2-19-9-3-4-10-11(5-9)18-13(17-10)20-12-15-6-8(14)7-16-12/h3-7H,2H2,1H3,(H,17,18). The Morgan fingerprint density at radius 3 is 2.85 bits per heavy atom. The zero-order valence-corrected chi connectivity index (χ0v) is 13.0. The molecule has 0 aliphatic rings. The van der Waals surface area contributed by atoms with Gasteiger partial charge in [0.2, 0.25) is 0 Å². The minimum Gasteiger partial charge on any atom is -0.494 e. The molecule has 2 heterocycles. The predicted molar refractivity (Wildman–Crippen MR) is 81.1 cm³/mol. The minimum absolute atomic E-state index is 0.647. The summed E-state index contributed by atoms with van der Waals surface area (Å²) in [5.74, 6) is 0.833. The van der Waals surface area contributed by atoms with Crippen LogP contribution in [0.1, 0.15) is 6.92 Å². The van der Waals surface area contributed by atoms with Gasteiger partial charge in [-0.25, -0.2) is 15.0 Å². The van der Waals surface area contributed by atoms with Crippen LogP contribution in [0.3, 0.4) is 0 Å². The van der Waals surface area contributed by atoms with Crippen molar-refractivity contribution < 1.29 is 4.74 Å². The predicted octanol–water partition coefficient (Wildman–Crippen LogP) is 3.67. The zero-order chi connectivity index (χ0) is 13.9. The van der Waals surface area contributed by atoms with E-state index < -0.39 is 0 Å². The topological polar surface area (TPSA) is 63.7 Å². The van der Waals surface area contributed by atoms with Gasteiger partial charge in [-0.1, -0.05) is 0 Å². The van der Waals surface area contributed by atoms with Crippen molar-refractivity contribution in [3.05, 3.63) is 35.1 Å². The molecule has 3 aromatic rings. The molecule has 20 heavy (non-hydrogen) atoms. The summed E-state index contributed by atoms with van der Waals surface area (Å²) in [4.78, 5) is 16.2. The number of fused-ring (bicyclic) bond motifs is 1. The van der Waals surface area contributed by atoms with Crippen molar-refractivity contribution in [3.8, 4) is 5.75 Å². The maximum atomic E-state index is 5.47. The van der Waals surface area contributed by atoms with Gasteiger partial charge >= 0.3 is 0 Å². The van der Waals surface area contributed by atoms with Crippen LogP contribution in [0.2, 0.25) is 0 Å². The SMILES string of the molecule is CCOc1ccc2nc(Sc3ncc(Br)cn3)[nH]c2c1. The number of imidazole rings is 1. The van der Waals surface area contributed by atoms with Crippen LogP contribution in [0.25, 0.3) is 11.0 Å². The van der Waals surface area contributed by atoms with Crippen molar-refractivity contribution in [1.82, 2.24) is 19.9 Å². The Morgan fingerprint density at radius 1 is 1.30 bits per heavy atom. The zero-order valence-electron chi connectivity index (χ0n) is 10.6. The van der Waals surface area contributed by atoms with Crippen LogP contribution in [0.5, 0.6) is 5.75 Å². The van der Waals surface area contributed by atoms with Crippen LogP contribution in [-0.4, -0.2) is 26.5 Å². The molecule has 2 aromatic heterocycles. The van der Waals surface area contributed by atoms with E-state index in [0.29, 0.717) is 11.8 Å². The Morgan fingerprint density at radius 2 is 2.10 bits per heavy atom. The molecule has 0 fully saturated rings. The van der Waals surface area contributed by atoms with Gasteiger partial charge in [-0.3, -0.25) is 0 Å². The molecule has 0 amide bonds. The molecule has 0 unspecified atom stereocenters. The molecule has 0 atom stereocenters. The Bertz CT molecular complexity index is 729. The highest BCUT2D eigenvalue weighted by Gasteiger charge is 2.07. The van der Waals surface area contributed by atoms with E-state index in [1.807, 2.05) is 25.1 Å². The molecule has 1 aromatic carbocycles. The van der Waals surface area contributed by atoms with Crippen LogP contribution in [0.4, 0.5) is 0 Å². The second kappa shape index (κ2) is 5.80. The molecule has 0 saturated heterocycles. The monoisotopic (exact) mass is 350 g/mol. The molecule has 5 nitrogen and oxygen atoms in total. The van der Waals surface area contributed by atoms with E-state index in [1.54, 1.807) is 12.4 Å². The first-order valence-corrected chi connectivity index (χ1v) is 7.63. The molecule has 0 aliphatic carbocycles. The van der Waals surface area contributed by atoms with Gasteiger partial charge in [-0.15, -0.1) is 0 Å². The first-order valence-electron chi connectivity index (χ1n) is 6.02. The van der Waals surface area contributed by atoms with Crippen molar-refractivity contribution in [1.29, 1.82) is 0 Å². The second-order valence-electron chi connectivity index (χ2n) is 3.94. The molecule has 0 spiro atoms. The molecular weight excluding hydrogens is 340 g/mol. The summed E-state index contributed by atoms with van der Waals surface area (Å²) < 4.78 is 6.32. The first kappa shape index (κ1) is 13.4. The molecule has 7 heteroatoms. The highest BCUT2D eigenvalue weighted by molar-refractivity contribution is 9.10. The molecule has 102 valence electrons. The van der Waals surface area contributed by atoms with Gasteiger partial charge in [0.1, 0.15) is 5.75 Å². The normalized spacial score (nSPS) is 10.9.